The smallest absolute Gasteiger partial charge is 0.258 e. The van der Waals surface area contributed by atoms with Crippen LogP contribution in [0.15, 0.2) is 58.7 Å². The summed E-state index contributed by atoms with van der Waals surface area (Å²) in [4.78, 5) is 24.0. The summed E-state index contributed by atoms with van der Waals surface area (Å²) in [6.45, 7) is 4.94. The molecule has 0 saturated heterocycles. The van der Waals surface area contributed by atoms with Crippen LogP contribution in [0.4, 0.5) is 0 Å². The van der Waals surface area contributed by atoms with Crippen molar-refractivity contribution in [1.82, 2.24) is 29.7 Å². The summed E-state index contributed by atoms with van der Waals surface area (Å²) in [5.41, 5.74) is 1.55. The molecule has 0 aliphatic heterocycles. The molecule has 0 aliphatic carbocycles. The second kappa shape index (κ2) is 7.93. The highest BCUT2D eigenvalue weighted by atomic mass is 32.2. The first-order chi connectivity index (χ1) is 13.7. The normalized spacial score (nSPS) is 12.4. The van der Waals surface area contributed by atoms with E-state index >= 15 is 0 Å². The highest BCUT2D eigenvalue weighted by molar-refractivity contribution is 7.99. The number of aromatic nitrogens is 6. The molecule has 1 N–H and O–H groups in total. The minimum absolute atomic E-state index is 0.0811. The molecule has 0 radical (unpaired) electrons. The Morgan fingerprint density at radius 2 is 1.93 bits per heavy atom. The van der Waals surface area contributed by atoms with Crippen molar-refractivity contribution in [2.75, 3.05) is 0 Å². The maximum atomic E-state index is 12.4. The van der Waals surface area contributed by atoms with Gasteiger partial charge in [0.2, 0.25) is 0 Å². The summed E-state index contributed by atoms with van der Waals surface area (Å²) in [7, 11) is 0. The molecule has 28 heavy (non-hydrogen) atoms. The number of fused-ring (bicyclic) bond motifs is 1. The third-order valence-electron chi connectivity index (χ3n) is 4.40. The topological polar surface area (TPSA) is 89.4 Å². The number of H-pyrrole nitrogens is 1. The molecule has 4 rings (SSSR count). The molecule has 0 fully saturated rings. The van der Waals surface area contributed by atoms with Crippen LogP contribution in [0.1, 0.15) is 31.3 Å². The molecule has 3 heterocycles. The van der Waals surface area contributed by atoms with Gasteiger partial charge in [0.1, 0.15) is 5.82 Å². The van der Waals surface area contributed by atoms with Crippen molar-refractivity contribution in [1.29, 1.82) is 0 Å². The average molecular weight is 392 g/mol. The lowest BCUT2D eigenvalue weighted by molar-refractivity contribution is 0.625. The third kappa shape index (κ3) is 3.55. The van der Waals surface area contributed by atoms with Gasteiger partial charge in [-0.25, -0.2) is 4.98 Å². The Hall–Kier alpha value is -3.00. The van der Waals surface area contributed by atoms with Crippen LogP contribution in [0.25, 0.3) is 22.3 Å². The van der Waals surface area contributed by atoms with Crippen LogP contribution in [0.2, 0.25) is 0 Å². The Labute approximate surface area is 166 Å². The molecule has 0 saturated carbocycles. The molecule has 8 heteroatoms. The van der Waals surface area contributed by atoms with Gasteiger partial charge >= 0.3 is 0 Å². The largest absolute Gasteiger partial charge is 0.309 e. The van der Waals surface area contributed by atoms with Gasteiger partial charge in [-0.15, -0.1) is 10.2 Å². The van der Waals surface area contributed by atoms with E-state index in [1.54, 1.807) is 18.5 Å². The molecule has 3 aromatic heterocycles. The molecule has 0 amide bonds. The fraction of sp³-hybridized carbons (Fsp3) is 0.250. The van der Waals surface area contributed by atoms with E-state index in [9.17, 15) is 4.79 Å². The SMILES string of the molecule is CCCn1c(SC(C)c2nc3ccccc3c(=O)[nH]2)nnc1-c1ccncc1. The molecule has 1 unspecified atom stereocenters. The van der Waals surface area contributed by atoms with E-state index in [0.717, 1.165) is 29.5 Å². The standard InChI is InChI=1S/C20H20N6OS/c1-3-12-26-18(14-8-10-21-11-9-14)24-25-20(26)28-13(2)17-22-16-7-5-4-6-15(16)19(27)23-17/h4-11,13H,3,12H2,1-2H3,(H,22,23,27). The number of thioether (sulfide) groups is 1. The van der Waals surface area contributed by atoms with Gasteiger partial charge in [0.15, 0.2) is 11.0 Å². The van der Waals surface area contributed by atoms with E-state index in [1.807, 2.05) is 37.3 Å². The van der Waals surface area contributed by atoms with E-state index < -0.39 is 0 Å². The van der Waals surface area contributed by atoms with Crippen LogP contribution in [0, 0.1) is 0 Å². The zero-order valence-electron chi connectivity index (χ0n) is 15.7. The second-order valence-corrected chi connectivity index (χ2v) is 7.73. The fourth-order valence-electron chi connectivity index (χ4n) is 3.03. The van der Waals surface area contributed by atoms with Gasteiger partial charge in [-0.05, 0) is 37.6 Å². The Morgan fingerprint density at radius 1 is 1.14 bits per heavy atom. The quantitative estimate of drug-likeness (QED) is 0.502. The molecular weight excluding hydrogens is 372 g/mol. The number of pyridine rings is 1. The number of hydrogen-bond donors (Lipinski definition) is 1. The van der Waals surface area contributed by atoms with Gasteiger partial charge in [-0.1, -0.05) is 30.8 Å². The predicted octanol–water partition coefficient (Wildman–Crippen LogP) is 3.84. The Balaban J connectivity index is 1.67. The monoisotopic (exact) mass is 392 g/mol. The molecule has 0 spiro atoms. The lowest BCUT2D eigenvalue weighted by Crippen LogP contribution is -2.13. The van der Waals surface area contributed by atoms with E-state index in [4.69, 9.17) is 0 Å². The average Bonchev–Trinajstić information content (AvgIpc) is 3.11. The fourth-order valence-corrected chi connectivity index (χ4v) is 3.96. The van der Waals surface area contributed by atoms with Crippen LogP contribution >= 0.6 is 11.8 Å². The van der Waals surface area contributed by atoms with Gasteiger partial charge in [-0.3, -0.25) is 9.78 Å². The number of para-hydroxylation sites is 1. The lowest BCUT2D eigenvalue weighted by atomic mass is 10.2. The lowest BCUT2D eigenvalue weighted by Gasteiger charge is -2.13. The zero-order chi connectivity index (χ0) is 19.5. The van der Waals surface area contributed by atoms with E-state index in [-0.39, 0.29) is 10.8 Å². The summed E-state index contributed by atoms with van der Waals surface area (Å²) in [6, 6.07) is 11.2. The minimum Gasteiger partial charge on any atom is -0.309 e. The van der Waals surface area contributed by atoms with Crippen molar-refractivity contribution in [2.24, 2.45) is 0 Å². The van der Waals surface area contributed by atoms with Crippen molar-refractivity contribution in [3.8, 4) is 11.4 Å². The van der Waals surface area contributed by atoms with Crippen molar-refractivity contribution in [3.63, 3.8) is 0 Å². The highest BCUT2D eigenvalue weighted by Gasteiger charge is 2.19. The van der Waals surface area contributed by atoms with Gasteiger partial charge in [0.25, 0.3) is 5.56 Å². The minimum atomic E-state index is -0.124. The first-order valence-electron chi connectivity index (χ1n) is 9.16. The second-order valence-electron chi connectivity index (χ2n) is 6.42. The summed E-state index contributed by atoms with van der Waals surface area (Å²) in [5.74, 6) is 1.45. The van der Waals surface area contributed by atoms with E-state index in [0.29, 0.717) is 16.7 Å². The van der Waals surface area contributed by atoms with Crippen molar-refractivity contribution in [3.05, 3.63) is 65.0 Å². The number of nitrogens with zero attached hydrogens (tertiary/aromatic N) is 5. The Bertz CT molecular complexity index is 1150. The molecular formula is C20H20N6OS. The number of nitrogens with one attached hydrogen (secondary N) is 1. The maximum Gasteiger partial charge on any atom is 0.258 e. The first kappa shape index (κ1) is 18.4. The number of hydrogen-bond acceptors (Lipinski definition) is 6. The van der Waals surface area contributed by atoms with Crippen molar-refractivity contribution in [2.45, 2.75) is 37.2 Å². The maximum absolute atomic E-state index is 12.4. The van der Waals surface area contributed by atoms with Crippen LogP contribution in [-0.4, -0.2) is 29.7 Å². The van der Waals surface area contributed by atoms with Crippen molar-refractivity contribution >= 4 is 22.7 Å². The number of aromatic amines is 1. The third-order valence-corrected chi connectivity index (χ3v) is 5.49. The Kier molecular flexibility index (Phi) is 5.21. The van der Waals surface area contributed by atoms with Crippen molar-refractivity contribution < 1.29 is 0 Å². The molecule has 1 aromatic carbocycles. The van der Waals surface area contributed by atoms with Gasteiger partial charge in [0, 0.05) is 24.5 Å². The van der Waals surface area contributed by atoms with E-state index in [1.165, 1.54) is 11.8 Å². The summed E-state index contributed by atoms with van der Waals surface area (Å²) >= 11 is 1.54. The van der Waals surface area contributed by atoms with Crippen LogP contribution in [0.5, 0.6) is 0 Å². The van der Waals surface area contributed by atoms with Gasteiger partial charge in [-0.2, -0.15) is 0 Å². The van der Waals surface area contributed by atoms with E-state index in [2.05, 4.69) is 36.6 Å². The van der Waals surface area contributed by atoms with Gasteiger partial charge in [0.05, 0.1) is 16.2 Å². The first-order valence-corrected chi connectivity index (χ1v) is 10.0. The number of rotatable bonds is 6. The molecule has 0 aliphatic rings. The predicted molar refractivity (Wildman–Crippen MR) is 110 cm³/mol. The summed E-state index contributed by atoms with van der Waals surface area (Å²) in [6.07, 6.45) is 4.46. The van der Waals surface area contributed by atoms with Crippen LogP contribution < -0.4 is 5.56 Å². The number of benzene rings is 1. The van der Waals surface area contributed by atoms with Crippen LogP contribution in [-0.2, 0) is 6.54 Å². The molecule has 7 nitrogen and oxygen atoms in total. The Morgan fingerprint density at radius 3 is 2.71 bits per heavy atom. The van der Waals surface area contributed by atoms with Gasteiger partial charge < -0.3 is 9.55 Å². The molecule has 1 atom stereocenters. The highest BCUT2D eigenvalue weighted by Crippen LogP contribution is 2.34. The zero-order valence-corrected chi connectivity index (χ0v) is 16.5. The van der Waals surface area contributed by atoms with Crippen LogP contribution in [0.3, 0.4) is 0 Å². The summed E-state index contributed by atoms with van der Waals surface area (Å²) < 4.78 is 2.11. The molecule has 0 bridgehead atoms. The molecule has 142 valence electrons. The summed E-state index contributed by atoms with van der Waals surface area (Å²) in [5, 5.41) is 10.1. The molecule has 4 aromatic rings.